The van der Waals surface area contributed by atoms with E-state index >= 15 is 0 Å². The van der Waals surface area contributed by atoms with Gasteiger partial charge in [-0.25, -0.2) is 19.2 Å². The zero-order valence-corrected chi connectivity index (χ0v) is 24.0. The molecule has 2 atom stereocenters. The van der Waals surface area contributed by atoms with Crippen LogP contribution in [0.25, 0.3) is 10.2 Å². The molecule has 4 aromatic rings. The molecule has 2 aromatic heterocycles. The average Bonchev–Trinajstić information content (AvgIpc) is 3.63. The molecule has 0 radical (unpaired) electrons. The average molecular weight is 608 g/mol. The molecule has 2 unspecified atom stereocenters. The summed E-state index contributed by atoms with van der Waals surface area (Å²) in [5.74, 6) is 7.29. The van der Waals surface area contributed by atoms with Crippen LogP contribution in [0.3, 0.4) is 0 Å². The van der Waals surface area contributed by atoms with Crippen LogP contribution >= 0.6 is 22.9 Å². The highest BCUT2D eigenvalue weighted by molar-refractivity contribution is 7.19. The molecule has 2 aromatic carbocycles. The van der Waals surface area contributed by atoms with Crippen molar-refractivity contribution in [2.24, 2.45) is 0 Å². The Morgan fingerprint density at radius 2 is 2.10 bits per heavy atom. The van der Waals surface area contributed by atoms with E-state index in [-0.39, 0.29) is 30.7 Å². The molecule has 9 nitrogen and oxygen atoms in total. The lowest BCUT2D eigenvalue weighted by Crippen LogP contribution is -2.42. The van der Waals surface area contributed by atoms with E-state index in [0.29, 0.717) is 61.4 Å². The van der Waals surface area contributed by atoms with Crippen LogP contribution in [0.2, 0.25) is 5.02 Å². The number of hydrogen-bond acceptors (Lipinski definition) is 9. The summed E-state index contributed by atoms with van der Waals surface area (Å²) in [6.45, 7) is 2.95. The predicted molar refractivity (Wildman–Crippen MR) is 159 cm³/mol. The minimum absolute atomic E-state index is 0.0785. The summed E-state index contributed by atoms with van der Waals surface area (Å²) in [7, 11) is 0. The molecule has 0 spiro atoms. The van der Waals surface area contributed by atoms with Gasteiger partial charge in [0.15, 0.2) is 0 Å². The summed E-state index contributed by atoms with van der Waals surface area (Å²) in [5.41, 5.74) is 1.44. The van der Waals surface area contributed by atoms with Crippen molar-refractivity contribution in [1.29, 1.82) is 0 Å². The third-order valence-electron chi connectivity index (χ3n) is 6.80. The van der Waals surface area contributed by atoms with E-state index in [1.807, 2.05) is 12.1 Å². The Morgan fingerprint density at radius 1 is 1.21 bits per heavy atom. The third kappa shape index (κ3) is 6.91. The predicted octanol–water partition coefficient (Wildman–Crippen LogP) is 5.36. The highest BCUT2D eigenvalue weighted by Crippen LogP contribution is 2.33. The first-order valence-corrected chi connectivity index (χ1v) is 14.7. The summed E-state index contributed by atoms with van der Waals surface area (Å²) in [5, 5.41) is 7.88. The Bertz CT molecular complexity index is 1650. The molecule has 4 heterocycles. The van der Waals surface area contributed by atoms with Crippen molar-refractivity contribution in [3.8, 4) is 17.6 Å². The van der Waals surface area contributed by atoms with E-state index < -0.39 is 0 Å². The van der Waals surface area contributed by atoms with Crippen LogP contribution in [0.4, 0.5) is 20.7 Å². The summed E-state index contributed by atoms with van der Waals surface area (Å²) in [4.78, 5) is 24.5. The second kappa shape index (κ2) is 12.9. The fourth-order valence-electron chi connectivity index (χ4n) is 4.66. The van der Waals surface area contributed by atoms with Crippen LogP contribution in [-0.4, -0.2) is 66.0 Å². The fourth-order valence-corrected chi connectivity index (χ4v) is 5.76. The highest BCUT2D eigenvalue weighted by atomic mass is 35.5. The van der Waals surface area contributed by atoms with Gasteiger partial charge in [0, 0.05) is 31.7 Å². The molecule has 0 saturated carbocycles. The number of aromatic nitrogens is 2. The molecule has 1 amide bonds. The molecule has 2 fully saturated rings. The number of nitrogens with zero attached hydrogens (tertiary/aromatic N) is 3. The van der Waals surface area contributed by atoms with Crippen LogP contribution in [0.1, 0.15) is 16.9 Å². The molecule has 2 aliphatic heterocycles. The van der Waals surface area contributed by atoms with Crippen molar-refractivity contribution < 1.29 is 23.4 Å². The van der Waals surface area contributed by atoms with Gasteiger partial charge >= 0.3 is 6.09 Å². The molecular formula is C30H27ClFN5O4S. The quantitative estimate of drug-likeness (QED) is 0.283. The molecular weight excluding hydrogens is 581 g/mol. The van der Waals surface area contributed by atoms with E-state index in [0.717, 1.165) is 20.8 Å². The molecule has 216 valence electrons. The molecule has 2 N–H and O–H groups in total. The van der Waals surface area contributed by atoms with Crippen LogP contribution in [0, 0.1) is 17.7 Å². The summed E-state index contributed by atoms with van der Waals surface area (Å²) >= 11 is 7.95. The van der Waals surface area contributed by atoms with Gasteiger partial charge in [-0.05, 0) is 42.0 Å². The number of halogens is 2. The maximum Gasteiger partial charge on any atom is 0.410 e. The second-order valence-corrected chi connectivity index (χ2v) is 11.2. The number of nitrogens with one attached hydrogen (secondary N) is 2. The van der Waals surface area contributed by atoms with Gasteiger partial charge in [0.05, 0.1) is 34.5 Å². The molecule has 42 heavy (non-hydrogen) atoms. The Labute approximate surface area is 251 Å². The smallest absolute Gasteiger partial charge is 0.410 e. The first-order chi connectivity index (χ1) is 20.5. The van der Waals surface area contributed by atoms with E-state index in [2.05, 4.69) is 32.4 Å². The maximum atomic E-state index is 13.4. The van der Waals surface area contributed by atoms with Gasteiger partial charge in [-0.1, -0.05) is 35.6 Å². The number of morpholine rings is 1. The molecule has 6 rings (SSSR count). The van der Waals surface area contributed by atoms with Gasteiger partial charge in [-0.2, -0.15) is 0 Å². The lowest BCUT2D eigenvalue weighted by Gasteiger charge is -2.27. The number of amides is 1. The summed E-state index contributed by atoms with van der Waals surface area (Å²) in [6.07, 6.45) is 1.62. The molecule has 0 bridgehead atoms. The molecule has 12 heteroatoms. The number of carbonyl (C=O) groups is 1. The standard InChI is InChI=1S/C30H27ClFN5O4S/c31-26-14-22(5-7-27(26)40-17-19-2-1-3-20(32)12-19)36-28-25-15-24(42-29(25)35-18-34-28)6-4-21-13-23(16-33-21)41-30(38)37-8-10-39-11-9-37/h1-3,5,7,12,14-15,18,21,23,33H,8-11,13,16-17H2,(H,34,35,36). The number of ether oxygens (including phenoxy) is 3. The third-order valence-corrected chi connectivity index (χ3v) is 8.06. The Morgan fingerprint density at radius 3 is 2.93 bits per heavy atom. The van der Waals surface area contributed by atoms with Gasteiger partial charge in [0.1, 0.15) is 41.3 Å². The van der Waals surface area contributed by atoms with Gasteiger partial charge < -0.3 is 24.4 Å². The monoisotopic (exact) mass is 607 g/mol. The number of carbonyl (C=O) groups excluding carboxylic acids is 1. The van der Waals surface area contributed by atoms with Gasteiger partial charge in [-0.3, -0.25) is 5.32 Å². The highest BCUT2D eigenvalue weighted by Gasteiger charge is 2.28. The van der Waals surface area contributed by atoms with Crippen molar-refractivity contribution in [3.63, 3.8) is 0 Å². The lowest BCUT2D eigenvalue weighted by molar-refractivity contribution is 0.0156. The summed E-state index contributed by atoms with van der Waals surface area (Å²) < 4.78 is 30.2. The van der Waals surface area contributed by atoms with Crippen molar-refractivity contribution in [1.82, 2.24) is 20.2 Å². The van der Waals surface area contributed by atoms with E-state index in [1.54, 1.807) is 29.2 Å². The van der Waals surface area contributed by atoms with Crippen molar-refractivity contribution in [2.45, 2.75) is 25.2 Å². The second-order valence-electron chi connectivity index (χ2n) is 9.81. The zero-order chi connectivity index (χ0) is 28.9. The van der Waals surface area contributed by atoms with Crippen LogP contribution in [-0.2, 0) is 16.1 Å². The fraction of sp³-hybridized carbons (Fsp3) is 0.300. The number of anilines is 2. The van der Waals surface area contributed by atoms with E-state index in [4.69, 9.17) is 25.8 Å². The Kier molecular flexibility index (Phi) is 8.67. The van der Waals surface area contributed by atoms with Crippen molar-refractivity contribution >= 4 is 50.8 Å². The minimum atomic E-state index is -0.313. The minimum Gasteiger partial charge on any atom is -0.487 e. The lowest BCUT2D eigenvalue weighted by atomic mass is 10.2. The van der Waals surface area contributed by atoms with Crippen molar-refractivity contribution in [2.75, 3.05) is 38.2 Å². The Balaban J connectivity index is 1.07. The van der Waals surface area contributed by atoms with Crippen LogP contribution < -0.4 is 15.4 Å². The first kappa shape index (κ1) is 28.2. The normalized spacial score (nSPS) is 18.4. The maximum absolute atomic E-state index is 13.4. The summed E-state index contributed by atoms with van der Waals surface area (Å²) in [6, 6.07) is 13.5. The molecule has 2 aliphatic rings. The van der Waals surface area contributed by atoms with Gasteiger partial charge in [0.2, 0.25) is 0 Å². The number of benzene rings is 2. The number of thiophene rings is 1. The van der Waals surface area contributed by atoms with Gasteiger partial charge in [0.25, 0.3) is 0 Å². The van der Waals surface area contributed by atoms with Crippen molar-refractivity contribution in [3.05, 3.63) is 76.1 Å². The molecule has 0 aliphatic carbocycles. The van der Waals surface area contributed by atoms with Crippen LogP contribution in [0.5, 0.6) is 5.75 Å². The zero-order valence-electron chi connectivity index (χ0n) is 22.4. The van der Waals surface area contributed by atoms with Gasteiger partial charge in [-0.15, -0.1) is 11.3 Å². The van der Waals surface area contributed by atoms with E-state index in [9.17, 15) is 9.18 Å². The van der Waals surface area contributed by atoms with Crippen LogP contribution in [0.15, 0.2) is 54.9 Å². The first-order valence-electron chi connectivity index (χ1n) is 13.5. The topological polar surface area (TPSA) is 97.8 Å². The Hall–Kier alpha value is -3.95. The van der Waals surface area contributed by atoms with E-state index in [1.165, 1.54) is 29.8 Å². The number of fused-ring (bicyclic) bond motifs is 1. The SMILES string of the molecule is O=C(OC1CNC(C#Cc2cc3c(Nc4ccc(OCc5cccc(F)c5)c(Cl)c4)ncnc3s2)C1)N1CCOCC1. The molecule has 2 saturated heterocycles. The number of rotatable bonds is 6. The number of hydrogen-bond donors (Lipinski definition) is 2. The largest absolute Gasteiger partial charge is 0.487 e.